The van der Waals surface area contributed by atoms with Crippen LogP contribution in [0.4, 0.5) is 11.4 Å². The summed E-state index contributed by atoms with van der Waals surface area (Å²) in [6.07, 6.45) is 1.14. The van der Waals surface area contributed by atoms with Crippen molar-refractivity contribution >= 4 is 17.3 Å². The largest absolute Gasteiger partial charge is 0.385 e. The second-order valence-corrected chi connectivity index (χ2v) is 4.37. The quantitative estimate of drug-likeness (QED) is 0.800. The van der Waals surface area contributed by atoms with Crippen molar-refractivity contribution in [3.63, 3.8) is 0 Å². The van der Waals surface area contributed by atoms with Crippen molar-refractivity contribution in [3.05, 3.63) is 24.3 Å². The third kappa shape index (κ3) is 4.82. The van der Waals surface area contributed by atoms with E-state index >= 15 is 0 Å². The Bertz CT molecular complexity index is 348. The maximum Gasteiger partial charge on any atom is 0.221 e. The summed E-state index contributed by atoms with van der Waals surface area (Å²) in [6.45, 7) is 6.88. The van der Waals surface area contributed by atoms with E-state index in [2.05, 4.69) is 24.5 Å². The van der Waals surface area contributed by atoms with Crippen LogP contribution in [0.5, 0.6) is 0 Å². The molecule has 0 aliphatic carbocycles. The summed E-state index contributed by atoms with van der Waals surface area (Å²) in [5.41, 5.74) is 1.88. The van der Waals surface area contributed by atoms with Crippen molar-refractivity contribution < 1.29 is 4.79 Å². The number of anilines is 2. The number of benzene rings is 1. The summed E-state index contributed by atoms with van der Waals surface area (Å²) < 4.78 is 0. The molecule has 0 unspecified atom stereocenters. The molecule has 3 nitrogen and oxygen atoms in total. The fourth-order valence-corrected chi connectivity index (χ4v) is 1.42. The first kappa shape index (κ1) is 12.6. The molecular formula is C13H20N2O. The van der Waals surface area contributed by atoms with E-state index in [1.54, 1.807) is 0 Å². The van der Waals surface area contributed by atoms with Crippen LogP contribution in [0.3, 0.4) is 0 Å². The Hall–Kier alpha value is -1.51. The lowest BCUT2D eigenvalue weighted by molar-refractivity contribution is -0.114. The number of amides is 1. The number of nitrogens with one attached hydrogen (secondary N) is 2. The Labute approximate surface area is 97.2 Å². The SMILES string of the molecule is CC(=O)Nc1cccc(NCCC(C)C)c1. The lowest BCUT2D eigenvalue weighted by atomic mass is 10.1. The van der Waals surface area contributed by atoms with E-state index < -0.39 is 0 Å². The van der Waals surface area contributed by atoms with Gasteiger partial charge in [0.1, 0.15) is 0 Å². The Morgan fingerprint density at radius 2 is 2.00 bits per heavy atom. The first-order valence-electron chi connectivity index (χ1n) is 5.69. The zero-order chi connectivity index (χ0) is 12.0. The molecule has 1 amide bonds. The molecule has 2 N–H and O–H groups in total. The molecule has 16 heavy (non-hydrogen) atoms. The summed E-state index contributed by atoms with van der Waals surface area (Å²) in [5, 5.41) is 6.10. The first-order chi connectivity index (χ1) is 7.58. The van der Waals surface area contributed by atoms with Gasteiger partial charge in [-0.1, -0.05) is 19.9 Å². The molecule has 3 heteroatoms. The average molecular weight is 220 g/mol. The maximum atomic E-state index is 10.9. The standard InChI is InChI=1S/C13H20N2O/c1-10(2)7-8-14-12-5-4-6-13(9-12)15-11(3)16/h4-6,9-10,14H,7-8H2,1-3H3,(H,15,16). The normalized spacial score (nSPS) is 10.2. The van der Waals surface area contributed by atoms with Crippen LogP contribution in [0.2, 0.25) is 0 Å². The molecule has 0 spiro atoms. The molecule has 0 saturated carbocycles. The van der Waals surface area contributed by atoms with Gasteiger partial charge in [0, 0.05) is 24.8 Å². The molecule has 0 aliphatic heterocycles. The lowest BCUT2D eigenvalue weighted by Gasteiger charge is -2.09. The van der Waals surface area contributed by atoms with E-state index in [9.17, 15) is 4.79 Å². The van der Waals surface area contributed by atoms with Crippen molar-refractivity contribution in [1.29, 1.82) is 0 Å². The van der Waals surface area contributed by atoms with Crippen LogP contribution in [0.25, 0.3) is 0 Å². The molecular weight excluding hydrogens is 200 g/mol. The van der Waals surface area contributed by atoms with E-state index in [-0.39, 0.29) is 5.91 Å². The van der Waals surface area contributed by atoms with E-state index in [1.165, 1.54) is 6.92 Å². The molecule has 0 radical (unpaired) electrons. The molecule has 0 aromatic heterocycles. The third-order valence-corrected chi connectivity index (χ3v) is 2.23. The highest BCUT2D eigenvalue weighted by Gasteiger charge is 1.98. The molecule has 0 atom stereocenters. The van der Waals surface area contributed by atoms with E-state index in [1.807, 2.05) is 24.3 Å². The third-order valence-electron chi connectivity index (χ3n) is 2.23. The number of rotatable bonds is 5. The molecule has 0 saturated heterocycles. The van der Waals surface area contributed by atoms with Gasteiger partial charge in [-0.2, -0.15) is 0 Å². The highest BCUT2D eigenvalue weighted by atomic mass is 16.1. The maximum absolute atomic E-state index is 10.9. The summed E-state index contributed by atoms with van der Waals surface area (Å²) in [6, 6.07) is 7.77. The van der Waals surface area contributed by atoms with Crippen LogP contribution in [0.15, 0.2) is 24.3 Å². The van der Waals surface area contributed by atoms with Crippen molar-refractivity contribution in [2.24, 2.45) is 5.92 Å². The predicted octanol–water partition coefficient (Wildman–Crippen LogP) is 3.10. The van der Waals surface area contributed by atoms with Crippen LogP contribution < -0.4 is 10.6 Å². The summed E-state index contributed by atoms with van der Waals surface area (Å²) >= 11 is 0. The summed E-state index contributed by atoms with van der Waals surface area (Å²) in [5.74, 6) is 0.658. The average Bonchev–Trinajstić information content (AvgIpc) is 2.16. The van der Waals surface area contributed by atoms with Crippen LogP contribution >= 0.6 is 0 Å². The lowest BCUT2D eigenvalue weighted by Crippen LogP contribution is -2.07. The Morgan fingerprint density at radius 1 is 1.31 bits per heavy atom. The van der Waals surface area contributed by atoms with Crippen molar-refractivity contribution in [2.45, 2.75) is 27.2 Å². The molecule has 0 bridgehead atoms. The van der Waals surface area contributed by atoms with Crippen LogP contribution in [-0.2, 0) is 4.79 Å². The van der Waals surface area contributed by atoms with Crippen molar-refractivity contribution in [1.82, 2.24) is 0 Å². The minimum absolute atomic E-state index is 0.0423. The molecule has 0 fully saturated rings. The number of hydrogen-bond donors (Lipinski definition) is 2. The van der Waals surface area contributed by atoms with Crippen LogP contribution in [0.1, 0.15) is 27.2 Å². The zero-order valence-corrected chi connectivity index (χ0v) is 10.2. The van der Waals surface area contributed by atoms with Crippen molar-refractivity contribution in [3.8, 4) is 0 Å². The number of hydrogen-bond acceptors (Lipinski definition) is 2. The van der Waals surface area contributed by atoms with Gasteiger partial charge >= 0.3 is 0 Å². The van der Waals surface area contributed by atoms with Gasteiger partial charge in [-0.3, -0.25) is 4.79 Å². The second-order valence-electron chi connectivity index (χ2n) is 4.37. The van der Waals surface area contributed by atoms with E-state index in [4.69, 9.17) is 0 Å². The van der Waals surface area contributed by atoms with Gasteiger partial charge in [-0.15, -0.1) is 0 Å². The number of carbonyl (C=O) groups excluding carboxylic acids is 1. The Balaban J connectivity index is 2.50. The van der Waals surface area contributed by atoms with Crippen LogP contribution in [0, 0.1) is 5.92 Å². The first-order valence-corrected chi connectivity index (χ1v) is 5.69. The highest BCUT2D eigenvalue weighted by Crippen LogP contribution is 2.15. The van der Waals surface area contributed by atoms with Crippen LogP contribution in [-0.4, -0.2) is 12.5 Å². The molecule has 88 valence electrons. The number of carbonyl (C=O) groups is 1. The van der Waals surface area contributed by atoms with Gasteiger partial charge in [-0.25, -0.2) is 0 Å². The predicted molar refractivity (Wildman–Crippen MR) is 68.7 cm³/mol. The Kier molecular flexibility index (Phi) is 4.83. The molecule has 1 rings (SSSR count). The second kappa shape index (κ2) is 6.16. The monoisotopic (exact) mass is 220 g/mol. The Morgan fingerprint density at radius 3 is 2.62 bits per heavy atom. The minimum atomic E-state index is -0.0423. The zero-order valence-electron chi connectivity index (χ0n) is 10.2. The topological polar surface area (TPSA) is 41.1 Å². The van der Waals surface area contributed by atoms with Gasteiger partial charge in [0.25, 0.3) is 0 Å². The fraction of sp³-hybridized carbons (Fsp3) is 0.462. The molecule has 1 aromatic rings. The molecule has 0 heterocycles. The van der Waals surface area contributed by atoms with Gasteiger partial charge in [0.05, 0.1) is 0 Å². The van der Waals surface area contributed by atoms with Gasteiger partial charge in [-0.05, 0) is 30.5 Å². The van der Waals surface area contributed by atoms with Gasteiger partial charge in [0.2, 0.25) is 5.91 Å². The minimum Gasteiger partial charge on any atom is -0.385 e. The summed E-state index contributed by atoms with van der Waals surface area (Å²) in [4.78, 5) is 10.9. The molecule has 1 aromatic carbocycles. The van der Waals surface area contributed by atoms with Gasteiger partial charge < -0.3 is 10.6 Å². The fourth-order valence-electron chi connectivity index (χ4n) is 1.42. The molecule has 0 aliphatic rings. The van der Waals surface area contributed by atoms with E-state index in [0.717, 1.165) is 24.3 Å². The highest BCUT2D eigenvalue weighted by molar-refractivity contribution is 5.89. The smallest absolute Gasteiger partial charge is 0.221 e. The van der Waals surface area contributed by atoms with Crippen molar-refractivity contribution in [2.75, 3.05) is 17.2 Å². The van der Waals surface area contributed by atoms with Gasteiger partial charge in [0.15, 0.2) is 0 Å². The summed E-state index contributed by atoms with van der Waals surface area (Å²) in [7, 11) is 0. The van der Waals surface area contributed by atoms with E-state index in [0.29, 0.717) is 5.92 Å².